The Labute approximate surface area is 130 Å². The van der Waals surface area contributed by atoms with Gasteiger partial charge in [0.05, 0.1) is 0 Å². The summed E-state index contributed by atoms with van der Waals surface area (Å²) in [4.78, 5) is 16.7. The van der Waals surface area contributed by atoms with E-state index in [2.05, 4.69) is 10.3 Å². The minimum Gasteiger partial charge on any atom is -0.342 e. The molecule has 5 heteroatoms. The van der Waals surface area contributed by atoms with Crippen molar-refractivity contribution in [2.24, 2.45) is 12.5 Å². The van der Waals surface area contributed by atoms with E-state index in [4.69, 9.17) is 11.6 Å². The summed E-state index contributed by atoms with van der Waals surface area (Å²) in [5, 5.41) is 3.66. The molecule has 4 nitrogen and oxygen atoms in total. The van der Waals surface area contributed by atoms with Gasteiger partial charge in [-0.2, -0.15) is 0 Å². The number of amides is 1. The first-order chi connectivity index (χ1) is 9.80. The number of hydrogen-bond donors (Lipinski definition) is 1. The fraction of sp³-hybridized carbons (Fsp3) is 0.375. The van der Waals surface area contributed by atoms with Crippen molar-refractivity contribution in [1.29, 1.82) is 0 Å². The second-order valence-corrected chi connectivity index (χ2v) is 6.48. The number of carbonyl (C=O) groups is 1. The van der Waals surface area contributed by atoms with E-state index in [-0.39, 0.29) is 11.9 Å². The Morgan fingerprint density at radius 3 is 2.52 bits per heavy atom. The van der Waals surface area contributed by atoms with E-state index in [9.17, 15) is 4.79 Å². The molecule has 2 aromatic rings. The van der Waals surface area contributed by atoms with Gasteiger partial charge in [-0.1, -0.05) is 50.6 Å². The lowest BCUT2D eigenvalue weighted by molar-refractivity contribution is -0.129. The van der Waals surface area contributed by atoms with Gasteiger partial charge >= 0.3 is 0 Å². The van der Waals surface area contributed by atoms with Crippen LogP contribution in [-0.2, 0) is 11.8 Å². The van der Waals surface area contributed by atoms with Crippen molar-refractivity contribution in [1.82, 2.24) is 14.9 Å². The zero-order valence-corrected chi connectivity index (χ0v) is 13.5. The number of aromatic nitrogens is 2. The lowest BCUT2D eigenvalue weighted by Gasteiger charge is -2.25. The molecule has 0 fully saturated rings. The molecule has 1 atom stereocenters. The van der Waals surface area contributed by atoms with E-state index in [0.29, 0.717) is 5.02 Å². The maximum atomic E-state index is 12.4. The number of aryl methyl sites for hydroxylation is 1. The predicted octanol–water partition coefficient (Wildman–Crippen LogP) is 3.33. The van der Waals surface area contributed by atoms with Crippen molar-refractivity contribution in [2.45, 2.75) is 26.8 Å². The van der Waals surface area contributed by atoms with Crippen LogP contribution in [0.1, 0.15) is 38.2 Å². The molecule has 0 bridgehead atoms. The molecule has 1 aromatic carbocycles. The largest absolute Gasteiger partial charge is 0.342 e. The van der Waals surface area contributed by atoms with Crippen LogP contribution in [0.2, 0.25) is 5.02 Å². The molecule has 112 valence electrons. The molecule has 0 radical (unpaired) electrons. The Morgan fingerprint density at radius 2 is 2.00 bits per heavy atom. The van der Waals surface area contributed by atoms with Gasteiger partial charge in [0.1, 0.15) is 11.9 Å². The van der Waals surface area contributed by atoms with Crippen molar-refractivity contribution in [3.05, 3.63) is 53.1 Å². The molecular weight excluding hydrogens is 286 g/mol. The molecule has 0 aliphatic rings. The van der Waals surface area contributed by atoms with Gasteiger partial charge in [0.15, 0.2) is 0 Å². The van der Waals surface area contributed by atoms with E-state index in [0.717, 1.165) is 11.4 Å². The van der Waals surface area contributed by atoms with Crippen LogP contribution in [0, 0.1) is 5.41 Å². The number of halogens is 1. The molecule has 2 rings (SSSR count). The standard InChI is InChI=1S/C16H20ClN3O/c1-16(2,3)15(21)19-13(14-18-9-10-20(14)4)11-7-5-6-8-12(11)17/h5-10,13H,1-4H3,(H,19,21). The summed E-state index contributed by atoms with van der Waals surface area (Å²) in [7, 11) is 1.90. The summed E-state index contributed by atoms with van der Waals surface area (Å²) in [6, 6.07) is 7.12. The number of benzene rings is 1. The first-order valence-electron chi connectivity index (χ1n) is 6.83. The van der Waals surface area contributed by atoms with Crippen molar-refractivity contribution >= 4 is 17.5 Å². The number of nitrogens with one attached hydrogen (secondary N) is 1. The second kappa shape index (κ2) is 5.90. The molecule has 0 aliphatic heterocycles. The van der Waals surface area contributed by atoms with Gasteiger partial charge in [-0.15, -0.1) is 0 Å². The SMILES string of the molecule is Cn1ccnc1C(NC(=O)C(C)(C)C)c1ccccc1Cl. The highest BCUT2D eigenvalue weighted by molar-refractivity contribution is 6.31. The Bertz CT molecular complexity index is 643. The maximum absolute atomic E-state index is 12.4. The Balaban J connectivity index is 2.44. The van der Waals surface area contributed by atoms with Crippen LogP contribution >= 0.6 is 11.6 Å². The molecule has 1 N–H and O–H groups in total. The molecule has 0 saturated carbocycles. The highest BCUT2D eigenvalue weighted by atomic mass is 35.5. The van der Waals surface area contributed by atoms with Crippen LogP contribution in [0.25, 0.3) is 0 Å². The summed E-state index contributed by atoms with van der Waals surface area (Å²) in [6.07, 6.45) is 3.56. The quantitative estimate of drug-likeness (QED) is 0.945. The minimum absolute atomic E-state index is 0.0459. The first kappa shape index (κ1) is 15.6. The van der Waals surface area contributed by atoms with Gasteiger partial charge in [0.2, 0.25) is 5.91 Å². The summed E-state index contributed by atoms with van der Waals surface area (Å²) < 4.78 is 1.89. The number of rotatable bonds is 3. The summed E-state index contributed by atoms with van der Waals surface area (Å²) >= 11 is 6.30. The number of hydrogen-bond acceptors (Lipinski definition) is 2. The number of imidazole rings is 1. The van der Waals surface area contributed by atoms with Gasteiger partial charge < -0.3 is 9.88 Å². The van der Waals surface area contributed by atoms with Crippen LogP contribution < -0.4 is 5.32 Å². The lowest BCUT2D eigenvalue weighted by Crippen LogP contribution is -2.38. The molecule has 0 aliphatic carbocycles. The van der Waals surface area contributed by atoms with Gasteiger partial charge in [0, 0.05) is 35.4 Å². The fourth-order valence-electron chi connectivity index (χ4n) is 1.99. The van der Waals surface area contributed by atoms with Crippen molar-refractivity contribution < 1.29 is 4.79 Å². The Hall–Kier alpha value is -1.81. The van der Waals surface area contributed by atoms with Gasteiger partial charge in [-0.05, 0) is 6.07 Å². The fourth-order valence-corrected chi connectivity index (χ4v) is 2.24. The monoisotopic (exact) mass is 305 g/mol. The molecule has 1 aromatic heterocycles. The Morgan fingerprint density at radius 1 is 1.33 bits per heavy atom. The van der Waals surface area contributed by atoms with E-state index in [1.165, 1.54) is 0 Å². The third-order valence-electron chi connectivity index (χ3n) is 3.29. The minimum atomic E-state index is -0.481. The van der Waals surface area contributed by atoms with Crippen LogP contribution in [0.3, 0.4) is 0 Å². The molecule has 1 unspecified atom stereocenters. The third-order valence-corrected chi connectivity index (χ3v) is 3.63. The zero-order valence-electron chi connectivity index (χ0n) is 12.7. The molecule has 0 saturated heterocycles. The van der Waals surface area contributed by atoms with Gasteiger partial charge in [0.25, 0.3) is 0 Å². The normalized spacial score (nSPS) is 13.0. The van der Waals surface area contributed by atoms with Crippen LogP contribution in [0.15, 0.2) is 36.7 Å². The van der Waals surface area contributed by atoms with Gasteiger partial charge in [-0.25, -0.2) is 4.98 Å². The average Bonchev–Trinajstić information content (AvgIpc) is 2.82. The van der Waals surface area contributed by atoms with Crippen LogP contribution in [-0.4, -0.2) is 15.5 Å². The number of nitrogens with zero attached hydrogens (tertiary/aromatic N) is 2. The van der Waals surface area contributed by atoms with E-state index < -0.39 is 5.41 Å². The molecule has 21 heavy (non-hydrogen) atoms. The third kappa shape index (κ3) is 3.45. The highest BCUT2D eigenvalue weighted by Crippen LogP contribution is 2.28. The molecule has 0 spiro atoms. The van der Waals surface area contributed by atoms with Crippen molar-refractivity contribution in [3.8, 4) is 0 Å². The Kier molecular flexibility index (Phi) is 4.37. The van der Waals surface area contributed by atoms with E-state index >= 15 is 0 Å². The number of carbonyl (C=O) groups excluding carboxylic acids is 1. The summed E-state index contributed by atoms with van der Waals surface area (Å²) in [6.45, 7) is 5.64. The highest BCUT2D eigenvalue weighted by Gasteiger charge is 2.28. The van der Waals surface area contributed by atoms with Crippen LogP contribution in [0.4, 0.5) is 0 Å². The topological polar surface area (TPSA) is 46.9 Å². The molecular formula is C16H20ClN3O. The predicted molar refractivity (Wildman–Crippen MR) is 84.1 cm³/mol. The zero-order chi connectivity index (χ0) is 15.6. The van der Waals surface area contributed by atoms with Crippen molar-refractivity contribution in [2.75, 3.05) is 0 Å². The second-order valence-electron chi connectivity index (χ2n) is 6.07. The van der Waals surface area contributed by atoms with E-state index in [1.54, 1.807) is 6.20 Å². The first-order valence-corrected chi connectivity index (χ1v) is 7.21. The average molecular weight is 306 g/mol. The summed E-state index contributed by atoms with van der Waals surface area (Å²) in [5.41, 5.74) is 0.357. The van der Waals surface area contributed by atoms with Crippen LogP contribution in [0.5, 0.6) is 0 Å². The molecule has 1 amide bonds. The summed E-state index contributed by atoms with van der Waals surface area (Å²) in [5.74, 6) is 0.705. The lowest BCUT2D eigenvalue weighted by atomic mass is 9.94. The maximum Gasteiger partial charge on any atom is 0.226 e. The van der Waals surface area contributed by atoms with E-state index in [1.807, 2.05) is 62.8 Å². The smallest absolute Gasteiger partial charge is 0.226 e. The van der Waals surface area contributed by atoms with Gasteiger partial charge in [-0.3, -0.25) is 4.79 Å². The van der Waals surface area contributed by atoms with Crippen molar-refractivity contribution in [3.63, 3.8) is 0 Å². The molecule has 1 heterocycles.